The molecule has 2 aromatic heterocycles. The molecule has 1 saturated heterocycles. The van der Waals surface area contributed by atoms with E-state index in [0.29, 0.717) is 31.8 Å². The average Bonchev–Trinajstić information content (AvgIpc) is 3.50. The number of nitrogens with zero attached hydrogens (tertiary/aromatic N) is 4. The normalized spacial score (nSPS) is 22.4. The number of anilines is 1. The highest BCUT2D eigenvalue weighted by Gasteiger charge is 2.48. The van der Waals surface area contributed by atoms with Crippen LogP contribution in [-0.2, 0) is 6.18 Å². The summed E-state index contributed by atoms with van der Waals surface area (Å²) in [5.41, 5.74) is -0.795. The summed E-state index contributed by atoms with van der Waals surface area (Å²) in [6.07, 6.45) is 1.08. The summed E-state index contributed by atoms with van der Waals surface area (Å²) in [5, 5.41) is 3.04. The van der Waals surface area contributed by atoms with Crippen molar-refractivity contribution in [3.63, 3.8) is 0 Å². The predicted octanol–water partition coefficient (Wildman–Crippen LogP) is 4.00. The topological polar surface area (TPSA) is 84.2 Å². The van der Waals surface area contributed by atoms with Gasteiger partial charge in [0.05, 0.1) is 28.9 Å². The molecule has 1 N–H and O–H groups in total. The largest absolute Gasteiger partial charge is 0.445 e. The van der Waals surface area contributed by atoms with Gasteiger partial charge in [0.1, 0.15) is 12.1 Å². The first-order valence-electron chi connectivity index (χ1n) is 9.96. The fourth-order valence-electron chi connectivity index (χ4n) is 4.55. The smallest absolute Gasteiger partial charge is 0.419 e. The molecule has 3 aromatic rings. The number of aromatic nitrogens is 3. The lowest BCUT2D eigenvalue weighted by Gasteiger charge is -2.34. The van der Waals surface area contributed by atoms with E-state index in [9.17, 15) is 22.4 Å². The van der Waals surface area contributed by atoms with Crippen LogP contribution in [0, 0.1) is 11.7 Å². The molecule has 0 spiro atoms. The molecule has 2 fully saturated rings. The third kappa shape index (κ3) is 3.57. The molecule has 166 valence electrons. The van der Waals surface area contributed by atoms with E-state index in [1.54, 1.807) is 11.0 Å². The van der Waals surface area contributed by atoms with Crippen LogP contribution in [0.3, 0.4) is 0 Å². The number of likely N-dealkylation sites (tertiary alicyclic amines) is 1. The van der Waals surface area contributed by atoms with E-state index in [0.717, 1.165) is 0 Å². The average molecular weight is 447 g/mol. The van der Waals surface area contributed by atoms with Gasteiger partial charge < -0.3 is 14.6 Å². The molecular formula is C21H17F4N5O2. The number of oxazole rings is 1. The summed E-state index contributed by atoms with van der Waals surface area (Å²) >= 11 is 0. The van der Waals surface area contributed by atoms with Gasteiger partial charge in [0.2, 0.25) is 11.8 Å². The molecule has 0 radical (unpaired) electrons. The van der Waals surface area contributed by atoms with Crippen LogP contribution >= 0.6 is 0 Å². The number of piperidine rings is 1. The second-order valence-corrected chi connectivity index (χ2v) is 7.91. The summed E-state index contributed by atoms with van der Waals surface area (Å²) < 4.78 is 58.2. The number of alkyl halides is 3. The van der Waals surface area contributed by atoms with Crippen molar-refractivity contribution in [2.75, 3.05) is 11.9 Å². The summed E-state index contributed by atoms with van der Waals surface area (Å²) in [5.74, 6) is -0.778. The Morgan fingerprint density at radius 2 is 1.94 bits per heavy atom. The van der Waals surface area contributed by atoms with Crippen molar-refractivity contribution in [2.24, 2.45) is 5.92 Å². The molecular weight excluding hydrogens is 430 g/mol. The van der Waals surface area contributed by atoms with Gasteiger partial charge in [-0.1, -0.05) is 6.07 Å². The van der Waals surface area contributed by atoms with Crippen molar-refractivity contribution >= 4 is 11.9 Å². The summed E-state index contributed by atoms with van der Waals surface area (Å²) in [4.78, 5) is 26.5. The highest BCUT2D eigenvalue weighted by atomic mass is 19.4. The summed E-state index contributed by atoms with van der Waals surface area (Å²) in [6.45, 7) is 0.467. The first-order valence-corrected chi connectivity index (χ1v) is 9.96. The number of nitrogens with one attached hydrogen (secondary N) is 1. The van der Waals surface area contributed by atoms with E-state index in [-0.39, 0.29) is 41.0 Å². The van der Waals surface area contributed by atoms with Gasteiger partial charge in [0.15, 0.2) is 0 Å². The minimum atomic E-state index is -4.52. The first-order chi connectivity index (χ1) is 15.3. The van der Waals surface area contributed by atoms with Gasteiger partial charge >= 0.3 is 6.18 Å². The molecule has 3 heterocycles. The van der Waals surface area contributed by atoms with Crippen LogP contribution in [0.15, 0.2) is 47.5 Å². The van der Waals surface area contributed by atoms with E-state index < -0.39 is 23.5 Å². The van der Waals surface area contributed by atoms with Crippen molar-refractivity contribution in [2.45, 2.75) is 31.1 Å². The number of carbonyl (C=O) groups excluding carboxylic acids is 1. The van der Waals surface area contributed by atoms with Crippen LogP contribution in [0.2, 0.25) is 0 Å². The first kappa shape index (κ1) is 20.4. The Labute approximate surface area is 179 Å². The lowest BCUT2D eigenvalue weighted by molar-refractivity contribution is -0.138. The quantitative estimate of drug-likeness (QED) is 0.609. The molecule has 1 aliphatic heterocycles. The van der Waals surface area contributed by atoms with Crippen LogP contribution < -0.4 is 5.32 Å². The highest BCUT2D eigenvalue weighted by molar-refractivity contribution is 6.00. The third-order valence-corrected chi connectivity index (χ3v) is 5.93. The summed E-state index contributed by atoms with van der Waals surface area (Å²) in [6, 6.07) is 3.73. The fourth-order valence-corrected chi connectivity index (χ4v) is 4.55. The van der Waals surface area contributed by atoms with Gasteiger partial charge in [-0.05, 0) is 30.9 Å². The maximum atomic E-state index is 14.7. The van der Waals surface area contributed by atoms with Crippen LogP contribution in [-0.4, -0.2) is 44.4 Å². The molecule has 2 aliphatic rings. The zero-order chi connectivity index (χ0) is 22.5. The number of hydrogen-bond donors (Lipinski definition) is 1. The van der Waals surface area contributed by atoms with Crippen LogP contribution in [0.4, 0.5) is 23.5 Å². The Hall–Kier alpha value is -3.50. The van der Waals surface area contributed by atoms with Gasteiger partial charge in [-0.3, -0.25) is 4.79 Å². The maximum absolute atomic E-state index is 14.7. The molecule has 1 aliphatic carbocycles. The number of benzene rings is 1. The molecule has 5 rings (SSSR count). The summed E-state index contributed by atoms with van der Waals surface area (Å²) in [7, 11) is 0. The fraction of sp³-hybridized carbons (Fsp3) is 0.333. The standard InChI is InChI=1S/C21H17F4N5O2/c22-14-3-1-2-13(18-26-4-5-32-18)17(14)19(31)30-10-11-6-15(16(30)7-11)29-20-27-8-12(9-28-20)21(23,24)25/h1-5,8-9,11,15-16H,6-7,10H2,(H,27,28,29)/t11-,15-,16+/m1/s1. The lowest BCUT2D eigenvalue weighted by atomic mass is 10.0. The molecule has 3 atom stereocenters. The van der Waals surface area contributed by atoms with Crippen LogP contribution in [0.5, 0.6) is 0 Å². The minimum Gasteiger partial charge on any atom is -0.445 e. The molecule has 2 bridgehead atoms. The SMILES string of the molecule is O=C(c1c(F)cccc1-c1ncco1)N1C[C@@H]2C[C@@H](Nc3ncc(C(F)(F)F)cn3)[C@@H]1C2. The van der Waals surface area contributed by atoms with Crippen molar-refractivity contribution < 1.29 is 26.8 Å². The van der Waals surface area contributed by atoms with Gasteiger partial charge in [-0.25, -0.2) is 19.3 Å². The Kier molecular flexibility index (Phi) is 4.83. The van der Waals surface area contributed by atoms with Crippen molar-refractivity contribution in [1.82, 2.24) is 19.9 Å². The van der Waals surface area contributed by atoms with Gasteiger partial charge in [-0.15, -0.1) is 0 Å². The zero-order valence-corrected chi connectivity index (χ0v) is 16.5. The van der Waals surface area contributed by atoms with E-state index in [1.807, 2.05) is 0 Å². The highest BCUT2D eigenvalue weighted by Crippen LogP contribution is 2.41. The number of fused-ring (bicyclic) bond motifs is 2. The number of halogens is 4. The zero-order valence-electron chi connectivity index (χ0n) is 16.5. The Bertz CT molecular complexity index is 1130. The third-order valence-electron chi connectivity index (χ3n) is 5.93. The van der Waals surface area contributed by atoms with Crippen molar-refractivity contribution in [3.05, 3.63) is 60.0 Å². The van der Waals surface area contributed by atoms with Gasteiger partial charge in [0.25, 0.3) is 5.91 Å². The number of rotatable bonds is 4. The van der Waals surface area contributed by atoms with Gasteiger partial charge in [-0.2, -0.15) is 13.2 Å². The maximum Gasteiger partial charge on any atom is 0.419 e. The predicted molar refractivity (Wildman–Crippen MR) is 104 cm³/mol. The number of hydrogen-bond acceptors (Lipinski definition) is 6. The van der Waals surface area contributed by atoms with Gasteiger partial charge in [0, 0.05) is 25.0 Å². The lowest BCUT2D eigenvalue weighted by Crippen LogP contribution is -2.48. The van der Waals surface area contributed by atoms with Crippen molar-refractivity contribution in [1.29, 1.82) is 0 Å². The molecule has 1 amide bonds. The van der Waals surface area contributed by atoms with E-state index >= 15 is 0 Å². The second kappa shape index (κ2) is 7.57. The number of carbonyl (C=O) groups is 1. The molecule has 1 saturated carbocycles. The molecule has 0 unspecified atom stereocenters. The molecule has 1 aromatic carbocycles. The molecule has 32 heavy (non-hydrogen) atoms. The molecule has 7 nitrogen and oxygen atoms in total. The second-order valence-electron chi connectivity index (χ2n) is 7.91. The Balaban J connectivity index is 1.37. The Morgan fingerprint density at radius 1 is 1.16 bits per heavy atom. The van der Waals surface area contributed by atoms with E-state index in [1.165, 1.54) is 24.6 Å². The Morgan fingerprint density at radius 3 is 2.59 bits per heavy atom. The monoisotopic (exact) mass is 447 g/mol. The van der Waals surface area contributed by atoms with E-state index in [4.69, 9.17) is 4.42 Å². The van der Waals surface area contributed by atoms with Crippen LogP contribution in [0.1, 0.15) is 28.8 Å². The van der Waals surface area contributed by atoms with Crippen molar-refractivity contribution in [3.8, 4) is 11.5 Å². The van der Waals surface area contributed by atoms with E-state index in [2.05, 4.69) is 20.3 Å². The molecule has 11 heteroatoms. The van der Waals surface area contributed by atoms with Crippen LogP contribution in [0.25, 0.3) is 11.5 Å². The minimum absolute atomic E-state index is 0.0503. The number of amides is 1.